The van der Waals surface area contributed by atoms with Gasteiger partial charge in [0, 0.05) is 11.6 Å². The second kappa shape index (κ2) is 3.06. The summed E-state index contributed by atoms with van der Waals surface area (Å²) in [4.78, 5) is 11.5. The lowest BCUT2D eigenvalue weighted by molar-refractivity contribution is -0.142. The zero-order chi connectivity index (χ0) is 11.2. The lowest BCUT2D eigenvalue weighted by Gasteiger charge is -2.11. The summed E-state index contributed by atoms with van der Waals surface area (Å²) < 4.78 is 42.5. The van der Waals surface area contributed by atoms with Crippen molar-refractivity contribution in [1.29, 1.82) is 0 Å². The highest BCUT2D eigenvalue weighted by Gasteiger charge is 2.36. The fraction of sp³-hybridized carbons (Fsp3) is 0.250. The standard InChI is InChI=1S/C8H5F3N2OS/c1-4-5(14)2-6-13(3-12-15-6)7(4)8(9,10)11/h2-3H,1H3. The van der Waals surface area contributed by atoms with Crippen molar-refractivity contribution in [2.24, 2.45) is 0 Å². The van der Waals surface area contributed by atoms with Crippen LogP contribution in [0.3, 0.4) is 0 Å². The molecule has 0 aliphatic heterocycles. The highest BCUT2D eigenvalue weighted by molar-refractivity contribution is 7.11. The summed E-state index contributed by atoms with van der Waals surface area (Å²) in [5, 5.41) is 0. The minimum atomic E-state index is -4.55. The number of fused-ring (bicyclic) bond motifs is 1. The summed E-state index contributed by atoms with van der Waals surface area (Å²) in [6.45, 7) is 1.16. The molecule has 15 heavy (non-hydrogen) atoms. The Labute approximate surface area is 85.9 Å². The fourth-order valence-corrected chi connectivity index (χ4v) is 1.99. The molecule has 0 radical (unpaired) electrons. The van der Waals surface area contributed by atoms with E-state index in [4.69, 9.17) is 0 Å². The van der Waals surface area contributed by atoms with Crippen LogP contribution in [0.15, 0.2) is 17.2 Å². The van der Waals surface area contributed by atoms with Crippen LogP contribution < -0.4 is 5.43 Å². The van der Waals surface area contributed by atoms with Gasteiger partial charge in [0.2, 0.25) is 0 Å². The molecular formula is C8H5F3N2OS. The predicted molar refractivity (Wildman–Crippen MR) is 49.1 cm³/mol. The van der Waals surface area contributed by atoms with Gasteiger partial charge < -0.3 is 0 Å². The van der Waals surface area contributed by atoms with E-state index >= 15 is 0 Å². The highest BCUT2D eigenvalue weighted by Crippen LogP contribution is 2.31. The normalized spacial score (nSPS) is 12.3. The molecule has 0 spiro atoms. The molecule has 2 aromatic heterocycles. The van der Waals surface area contributed by atoms with Crippen LogP contribution in [-0.4, -0.2) is 8.77 Å². The Morgan fingerprint density at radius 3 is 2.73 bits per heavy atom. The summed E-state index contributed by atoms with van der Waals surface area (Å²) >= 11 is 0.853. The van der Waals surface area contributed by atoms with E-state index in [0.29, 0.717) is 0 Å². The first-order chi connectivity index (χ1) is 6.91. The van der Waals surface area contributed by atoms with Gasteiger partial charge in [-0.15, -0.1) is 0 Å². The zero-order valence-electron chi connectivity index (χ0n) is 7.50. The third kappa shape index (κ3) is 1.52. The van der Waals surface area contributed by atoms with E-state index in [-0.39, 0.29) is 10.4 Å². The molecule has 0 N–H and O–H groups in total. The third-order valence-corrected chi connectivity index (χ3v) is 2.74. The second-order valence-corrected chi connectivity index (χ2v) is 3.81. The van der Waals surface area contributed by atoms with Crippen LogP contribution in [0.25, 0.3) is 4.83 Å². The van der Waals surface area contributed by atoms with Crippen molar-refractivity contribution in [2.45, 2.75) is 13.1 Å². The summed E-state index contributed by atoms with van der Waals surface area (Å²) in [6.07, 6.45) is -3.48. The molecule has 80 valence electrons. The Hall–Kier alpha value is -1.37. The fourth-order valence-electron chi connectivity index (χ4n) is 1.36. The Bertz CT molecular complexity index is 569. The second-order valence-electron chi connectivity index (χ2n) is 3.00. The van der Waals surface area contributed by atoms with E-state index in [1.54, 1.807) is 0 Å². The summed E-state index contributed by atoms with van der Waals surface area (Å²) in [7, 11) is 0. The molecule has 0 atom stereocenters. The van der Waals surface area contributed by atoms with Crippen LogP contribution >= 0.6 is 11.5 Å². The average Bonchev–Trinajstić information content (AvgIpc) is 2.50. The lowest BCUT2D eigenvalue weighted by Crippen LogP contribution is -2.19. The topological polar surface area (TPSA) is 34.4 Å². The summed E-state index contributed by atoms with van der Waals surface area (Å²) in [6, 6.07) is 1.16. The molecule has 7 heteroatoms. The minimum Gasteiger partial charge on any atom is -0.289 e. The Morgan fingerprint density at radius 2 is 2.13 bits per heavy atom. The van der Waals surface area contributed by atoms with Gasteiger partial charge in [0.05, 0.1) is 0 Å². The van der Waals surface area contributed by atoms with Crippen molar-refractivity contribution >= 4 is 16.4 Å². The Kier molecular flexibility index (Phi) is 2.07. The van der Waals surface area contributed by atoms with Crippen molar-refractivity contribution in [2.75, 3.05) is 0 Å². The van der Waals surface area contributed by atoms with Crippen molar-refractivity contribution in [1.82, 2.24) is 8.77 Å². The first kappa shape index (κ1) is 10.2. The maximum absolute atomic E-state index is 12.7. The molecule has 2 aromatic rings. The van der Waals surface area contributed by atoms with Gasteiger partial charge >= 0.3 is 6.18 Å². The van der Waals surface area contributed by atoms with E-state index in [9.17, 15) is 18.0 Å². The van der Waals surface area contributed by atoms with E-state index < -0.39 is 17.3 Å². The highest BCUT2D eigenvalue weighted by atomic mass is 32.1. The van der Waals surface area contributed by atoms with Gasteiger partial charge in [0.1, 0.15) is 16.9 Å². The molecule has 0 unspecified atom stereocenters. The number of aromatic nitrogens is 2. The molecule has 3 nitrogen and oxygen atoms in total. The van der Waals surface area contributed by atoms with Crippen LogP contribution in [0, 0.1) is 6.92 Å². The average molecular weight is 234 g/mol. The summed E-state index contributed by atoms with van der Waals surface area (Å²) in [5.41, 5.74) is -1.87. The molecule has 2 heterocycles. The number of rotatable bonds is 0. The minimum absolute atomic E-state index is 0.193. The monoisotopic (exact) mass is 234 g/mol. The lowest BCUT2D eigenvalue weighted by atomic mass is 10.2. The van der Waals surface area contributed by atoms with Crippen LogP contribution in [0.4, 0.5) is 13.2 Å². The predicted octanol–water partition coefficient (Wildman–Crippen LogP) is 2.08. The van der Waals surface area contributed by atoms with Crippen LogP contribution in [0.5, 0.6) is 0 Å². The van der Waals surface area contributed by atoms with Gasteiger partial charge in [-0.3, -0.25) is 9.20 Å². The van der Waals surface area contributed by atoms with Gasteiger partial charge in [-0.05, 0) is 18.5 Å². The van der Waals surface area contributed by atoms with Crippen molar-refractivity contribution in [3.05, 3.63) is 33.9 Å². The Morgan fingerprint density at radius 1 is 1.47 bits per heavy atom. The van der Waals surface area contributed by atoms with Gasteiger partial charge in [0.25, 0.3) is 0 Å². The van der Waals surface area contributed by atoms with Gasteiger partial charge in [-0.1, -0.05) is 0 Å². The smallest absolute Gasteiger partial charge is 0.289 e. The number of alkyl halides is 3. The molecule has 0 bridgehead atoms. The van der Waals surface area contributed by atoms with E-state index in [1.807, 2.05) is 0 Å². The van der Waals surface area contributed by atoms with E-state index in [0.717, 1.165) is 35.3 Å². The molecule has 0 fully saturated rings. The quantitative estimate of drug-likeness (QED) is 0.699. The molecule has 0 amide bonds. The van der Waals surface area contributed by atoms with Gasteiger partial charge in [-0.2, -0.15) is 17.5 Å². The number of nitrogens with zero attached hydrogens (tertiary/aromatic N) is 2. The van der Waals surface area contributed by atoms with Gasteiger partial charge in [0.15, 0.2) is 5.43 Å². The largest absolute Gasteiger partial charge is 0.432 e. The molecule has 0 saturated carbocycles. The van der Waals surface area contributed by atoms with Crippen LogP contribution in [0.1, 0.15) is 11.3 Å². The first-order valence-corrected chi connectivity index (χ1v) is 4.72. The van der Waals surface area contributed by atoms with Crippen LogP contribution in [-0.2, 0) is 6.18 Å². The summed E-state index contributed by atoms with van der Waals surface area (Å²) in [5.74, 6) is 0. The maximum atomic E-state index is 12.7. The zero-order valence-corrected chi connectivity index (χ0v) is 8.32. The maximum Gasteiger partial charge on any atom is 0.432 e. The first-order valence-electron chi connectivity index (χ1n) is 3.95. The van der Waals surface area contributed by atoms with Crippen molar-refractivity contribution < 1.29 is 13.2 Å². The molecule has 0 aliphatic rings. The third-order valence-electron chi connectivity index (χ3n) is 2.04. The Balaban J connectivity index is 2.96. The number of hydrogen-bond acceptors (Lipinski definition) is 3. The van der Waals surface area contributed by atoms with Gasteiger partial charge in [-0.25, -0.2) is 0 Å². The molecule has 0 saturated heterocycles. The molecule has 0 aliphatic carbocycles. The van der Waals surface area contributed by atoms with E-state index in [1.165, 1.54) is 0 Å². The number of pyridine rings is 1. The van der Waals surface area contributed by atoms with Crippen molar-refractivity contribution in [3.63, 3.8) is 0 Å². The molecule has 2 rings (SSSR count). The number of hydrogen-bond donors (Lipinski definition) is 0. The van der Waals surface area contributed by atoms with Crippen molar-refractivity contribution in [3.8, 4) is 0 Å². The van der Waals surface area contributed by atoms with E-state index in [2.05, 4.69) is 4.37 Å². The molecular weight excluding hydrogens is 229 g/mol. The molecule has 0 aromatic carbocycles. The van der Waals surface area contributed by atoms with Crippen LogP contribution in [0.2, 0.25) is 0 Å². The number of halogens is 3. The SMILES string of the molecule is Cc1c(C(F)(F)F)n2cnsc2cc1=O.